The molecule has 6 rings (SSSR count). The number of nitro groups is 1. The number of carbonyl (C=O) groups is 1. The van der Waals surface area contributed by atoms with Crippen molar-refractivity contribution in [3.63, 3.8) is 0 Å². The summed E-state index contributed by atoms with van der Waals surface area (Å²) >= 11 is 14.0. The van der Waals surface area contributed by atoms with Crippen LogP contribution in [0, 0.1) is 10.1 Å². The van der Waals surface area contributed by atoms with Crippen molar-refractivity contribution in [2.24, 2.45) is 0 Å². The van der Waals surface area contributed by atoms with E-state index in [1.54, 1.807) is 36.0 Å². The van der Waals surface area contributed by atoms with E-state index < -0.39 is 26.5 Å². The third kappa shape index (κ3) is 9.25. The highest BCUT2D eigenvalue weighted by molar-refractivity contribution is 7.99. The number of benzene rings is 5. The van der Waals surface area contributed by atoms with Gasteiger partial charge in [0.25, 0.3) is 21.6 Å². The Labute approximate surface area is 316 Å². The predicted molar refractivity (Wildman–Crippen MR) is 209 cm³/mol. The predicted octanol–water partition coefficient (Wildman–Crippen LogP) is 8.21. The maximum Gasteiger partial charge on any atom is 0.293 e. The lowest BCUT2D eigenvalue weighted by atomic mass is 9.99. The summed E-state index contributed by atoms with van der Waals surface area (Å²) in [5.41, 5.74) is 4.15. The summed E-state index contributed by atoms with van der Waals surface area (Å²) < 4.78 is 28.3. The number of nitrogens with zero attached hydrogens (tertiary/aromatic N) is 3. The molecule has 0 bridgehead atoms. The number of carbonyl (C=O) groups excluding carboxylic acids is 1. The molecule has 0 aromatic heterocycles. The van der Waals surface area contributed by atoms with Gasteiger partial charge in [-0.2, -0.15) is 0 Å². The van der Waals surface area contributed by atoms with Crippen LogP contribution in [0.5, 0.6) is 0 Å². The highest BCUT2D eigenvalue weighted by atomic mass is 35.5. The van der Waals surface area contributed by atoms with Gasteiger partial charge in [0.05, 0.1) is 19.9 Å². The number of piperazine rings is 1. The minimum Gasteiger partial charge on any atom is -0.379 e. The molecule has 1 amide bonds. The van der Waals surface area contributed by atoms with Gasteiger partial charge in [-0.3, -0.25) is 19.8 Å². The van der Waals surface area contributed by atoms with Crippen LogP contribution in [0.1, 0.15) is 15.9 Å². The number of hydrogen-bond acceptors (Lipinski definition) is 9. The molecule has 0 unspecified atom stereocenters. The van der Waals surface area contributed by atoms with Gasteiger partial charge in [0.1, 0.15) is 5.69 Å². The molecule has 0 atom stereocenters. The van der Waals surface area contributed by atoms with Gasteiger partial charge in [-0.15, -0.1) is 11.8 Å². The third-order valence-electron chi connectivity index (χ3n) is 8.64. The first-order valence-electron chi connectivity index (χ1n) is 16.5. The fraction of sp³-hybridized carbons (Fsp3) is 0.184. The number of sulfonamides is 1. The Morgan fingerprint density at radius 3 is 2.25 bits per heavy atom. The molecule has 1 heterocycles. The number of amides is 1. The lowest BCUT2D eigenvalue weighted by molar-refractivity contribution is -0.384. The molecule has 1 saturated heterocycles. The Hall–Kier alpha value is -4.59. The molecular weight excluding hydrogens is 741 g/mol. The van der Waals surface area contributed by atoms with E-state index in [4.69, 9.17) is 23.2 Å². The first-order valence-corrected chi connectivity index (χ1v) is 19.7. The monoisotopic (exact) mass is 775 g/mol. The van der Waals surface area contributed by atoms with Crippen molar-refractivity contribution in [2.75, 3.05) is 48.7 Å². The average Bonchev–Trinajstić information content (AvgIpc) is 3.15. The zero-order chi connectivity index (χ0) is 36.7. The van der Waals surface area contributed by atoms with Crippen LogP contribution in [0.4, 0.5) is 17.1 Å². The van der Waals surface area contributed by atoms with E-state index in [0.29, 0.717) is 22.3 Å². The summed E-state index contributed by atoms with van der Waals surface area (Å²) in [4.78, 5) is 29.5. The Bertz CT molecular complexity index is 2170. The molecule has 1 aliphatic rings. The van der Waals surface area contributed by atoms with Crippen molar-refractivity contribution in [3.05, 3.63) is 147 Å². The van der Waals surface area contributed by atoms with Gasteiger partial charge in [0.2, 0.25) is 0 Å². The number of nitro benzene ring substituents is 1. The van der Waals surface area contributed by atoms with Gasteiger partial charge < -0.3 is 10.2 Å². The van der Waals surface area contributed by atoms with E-state index in [0.717, 1.165) is 60.5 Å². The van der Waals surface area contributed by atoms with Crippen molar-refractivity contribution in [1.29, 1.82) is 0 Å². The van der Waals surface area contributed by atoms with Crippen LogP contribution in [0.3, 0.4) is 0 Å². The third-order valence-corrected chi connectivity index (χ3v) is 11.7. The summed E-state index contributed by atoms with van der Waals surface area (Å²) in [5, 5.41) is 15.9. The Morgan fingerprint density at radius 1 is 0.827 bits per heavy atom. The van der Waals surface area contributed by atoms with Gasteiger partial charge in [-0.05, 0) is 77.4 Å². The summed E-state index contributed by atoms with van der Waals surface area (Å²) in [6, 6.07) is 33.9. The maximum atomic E-state index is 13.1. The lowest BCUT2D eigenvalue weighted by Gasteiger charge is -2.36. The molecule has 5 aromatic rings. The number of anilines is 2. The standard InChI is InChI=1S/C38H35Cl2N5O5S2/c39-34-16-12-28(24-35(34)40)33-9-5-4-6-29(33)26-43-19-21-44(22-20-43)30-13-10-27(11-14-30)38(46)42-52(49,50)32-15-17-36(37(25-32)45(47)48)41-18-23-51-31-7-2-1-3-8-31/h1-17,24-25,41H,18-23,26H2,(H,42,46). The summed E-state index contributed by atoms with van der Waals surface area (Å²) in [6.07, 6.45) is 0. The largest absolute Gasteiger partial charge is 0.379 e. The highest BCUT2D eigenvalue weighted by Gasteiger charge is 2.24. The molecular formula is C38H35Cl2N5O5S2. The number of hydrogen-bond donors (Lipinski definition) is 2. The van der Waals surface area contributed by atoms with Gasteiger partial charge >= 0.3 is 0 Å². The second kappa shape index (κ2) is 16.8. The molecule has 0 saturated carbocycles. The van der Waals surface area contributed by atoms with E-state index >= 15 is 0 Å². The summed E-state index contributed by atoms with van der Waals surface area (Å²) in [7, 11) is -4.39. The first-order chi connectivity index (χ1) is 25.1. The van der Waals surface area contributed by atoms with Crippen LogP contribution in [-0.2, 0) is 16.6 Å². The van der Waals surface area contributed by atoms with E-state index in [1.807, 2.05) is 65.4 Å². The molecule has 1 aliphatic heterocycles. The van der Waals surface area contributed by atoms with Gasteiger partial charge in [-0.25, -0.2) is 13.1 Å². The van der Waals surface area contributed by atoms with Crippen molar-refractivity contribution < 1.29 is 18.1 Å². The number of rotatable bonds is 13. The topological polar surface area (TPSA) is 125 Å². The molecule has 1 fully saturated rings. The lowest BCUT2D eigenvalue weighted by Crippen LogP contribution is -2.46. The summed E-state index contributed by atoms with van der Waals surface area (Å²) in [5.74, 6) is -0.191. The molecule has 268 valence electrons. The fourth-order valence-corrected chi connectivity index (χ4v) is 8.00. The van der Waals surface area contributed by atoms with Gasteiger partial charge in [-0.1, -0.05) is 71.7 Å². The second-order valence-corrected chi connectivity index (χ2v) is 15.7. The quantitative estimate of drug-likeness (QED) is 0.0527. The number of halogens is 2. The zero-order valence-electron chi connectivity index (χ0n) is 27.9. The Balaban J connectivity index is 1.03. The minimum atomic E-state index is -4.39. The molecule has 0 aliphatic carbocycles. The van der Waals surface area contributed by atoms with Gasteiger partial charge in [0.15, 0.2) is 0 Å². The van der Waals surface area contributed by atoms with E-state index in [-0.39, 0.29) is 16.1 Å². The Morgan fingerprint density at radius 2 is 1.54 bits per heavy atom. The molecule has 14 heteroatoms. The van der Waals surface area contributed by atoms with E-state index in [1.165, 1.54) is 17.7 Å². The normalized spacial score (nSPS) is 13.5. The Kier molecular flexibility index (Phi) is 12.0. The SMILES string of the molecule is O=C(NS(=O)(=O)c1ccc(NCCSc2ccccc2)c([N+](=O)[O-])c1)c1ccc(N2CCN(Cc3ccccc3-c3ccc(Cl)c(Cl)c3)CC2)cc1. The smallest absolute Gasteiger partial charge is 0.293 e. The highest BCUT2D eigenvalue weighted by Crippen LogP contribution is 2.32. The first kappa shape index (κ1) is 37.2. The number of thioether (sulfide) groups is 1. The fourth-order valence-electron chi connectivity index (χ4n) is 5.92. The maximum absolute atomic E-state index is 13.1. The van der Waals surface area contributed by atoms with Crippen LogP contribution in [0.2, 0.25) is 10.0 Å². The molecule has 10 nitrogen and oxygen atoms in total. The van der Waals surface area contributed by atoms with Crippen LogP contribution in [0.15, 0.2) is 125 Å². The minimum absolute atomic E-state index is 0.147. The van der Waals surface area contributed by atoms with Crippen molar-refractivity contribution >= 4 is 68.0 Å². The van der Waals surface area contributed by atoms with Crippen LogP contribution >= 0.6 is 35.0 Å². The molecule has 0 radical (unpaired) electrons. The van der Waals surface area contributed by atoms with Crippen molar-refractivity contribution in [1.82, 2.24) is 9.62 Å². The van der Waals surface area contributed by atoms with Gasteiger partial charge in [0, 0.05) is 67.2 Å². The number of nitrogens with one attached hydrogen (secondary N) is 2. The molecule has 0 spiro atoms. The zero-order valence-corrected chi connectivity index (χ0v) is 31.0. The molecule has 5 aromatic carbocycles. The average molecular weight is 777 g/mol. The second-order valence-electron chi connectivity index (χ2n) is 12.1. The molecule has 52 heavy (non-hydrogen) atoms. The van der Waals surface area contributed by atoms with Crippen molar-refractivity contribution in [2.45, 2.75) is 16.3 Å². The van der Waals surface area contributed by atoms with Crippen LogP contribution in [-0.4, -0.2) is 62.6 Å². The van der Waals surface area contributed by atoms with Crippen molar-refractivity contribution in [3.8, 4) is 11.1 Å². The summed E-state index contributed by atoms with van der Waals surface area (Å²) in [6.45, 7) is 4.38. The van der Waals surface area contributed by atoms with E-state index in [2.05, 4.69) is 27.2 Å². The van der Waals surface area contributed by atoms with Crippen LogP contribution < -0.4 is 14.9 Å². The molecule has 2 N–H and O–H groups in total. The van der Waals surface area contributed by atoms with E-state index in [9.17, 15) is 23.3 Å². The van der Waals surface area contributed by atoms with Crippen LogP contribution in [0.25, 0.3) is 11.1 Å².